The molecule has 1 aliphatic rings. The molecule has 0 unspecified atom stereocenters. The van der Waals surface area contributed by atoms with Crippen LogP contribution in [0, 0.1) is 5.92 Å². The van der Waals surface area contributed by atoms with Crippen LogP contribution in [0.5, 0.6) is 0 Å². The molecule has 1 aromatic heterocycles. The second-order valence-corrected chi connectivity index (χ2v) is 4.63. The van der Waals surface area contributed by atoms with E-state index in [1.807, 2.05) is 6.07 Å². The van der Waals surface area contributed by atoms with Crippen molar-refractivity contribution in [2.75, 3.05) is 19.6 Å². The van der Waals surface area contributed by atoms with Crippen LogP contribution in [0.1, 0.15) is 18.5 Å². The number of halogens is 1. The number of rotatable bonds is 3. The Morgan fingerprint density at radius 2 is 2.44 bits per heavy atom. The maximum atomic E-state index is 5.76. The number of nitrogens with two attached hydrogens (primary N) is 1. The summed E-state index contributed by atoms with van der Waals surface area (Å²) in [7, 11) is 0. The van der Waals surface area contributed by atoms with Gasteiger partial charge in [-0.15, -0.1) is 0 Å². The fraction of sp³-hybridized carbons (Fsp3) is 0.636. The molecule has 1 saturated heterocycles. The van der Waals surface area contributed by atoms with Gasteiger partial charge >= 0.3 is 0 Å². The third kappa shape index (κ3) is 3.14. The Labute approximate surface area is 101 Å². The standard InChI is InChI=1S/C11H17ClN4/c12-11-14-4-3-10(15-11)8-16-5-1-2-9(6-13)7-16/h3-4,9H,1-2,5-8,13H2/t9-/m0/s1. The van der Waals surface area contributed by atoms with Crippen LogP contribution < -0.4 is 5.73 Å². The van der Waals surface area contributed by atoms with Gasteiger partial charge in [0.25, 0.3) is 0 Å². The number of nitrogens with zero attached hydrogens (tertiary/aromatic N) is 3. The predicted octanol–water partition coefficient (Wildman–Crippen LogP) is 1.30. The maximum absolute atomic E-state index is 5.76. The van der Waals surface area contributed by atoms with Crippen LogP contribution in [-0.2, 0) is 6.54 Å². The van der Waals surface area contributed by atoms with Gasteiger partial charge in [0.15, 0.2) is 0 Å². The normalized spacial score (nSPS) is 22.2. The number of hydrogen-bond acceptors (Lipinski definition) is 4. The lowest BCUT2D eigenvalue weighted by molar-refractivity contribution is 0.169. The topological polar surface area (TPSA) is 55.0 Å². The minimum Gasteiger partial charge on any atom is -0.330 e. The average Bonchev–Trinajstić information content (AvgIpc) is 2.29. The van der Waals surface area contributed by atoms with E-state index in [9.17, 15) is 0 Å². The molecule has 2 N–H and O–H groups in total. The molecule has 1 aromatic rings. The summed E-state index contributed by atoms with van der Waals surface area (Å²) < 4.78 is 0. The second-order valence-electron chi connectivity index (χ2n) is 4.30. The molecule has 0 amide bonds. The van der Waals surface area contributed by atoms with E-state index in [2.05, 4.69) is 14.9 Å². The van der Waals surface area contributed by atoms with Crippen molar-refractivity contribution in [3.05, 3.63) is 23.2 Å². The fourth-order valence-electron chi connectivity index (χ4n) is 2.17. The third-order valence-electron chi connectivity index (χ3n) is 3.01. The maximum Gasteiger partial charge on any atom is 0.222 e. The van der Waals surface area contributed by atoms with E-state index in [0.29, 0.717) is 11.2 Å². The van der Waals surface area contributed by atoms with E-state index >= 15 is 0 Å². The van der Waals surface area contributed by atoms with Crippen LogP contribution in [0.25, 0.3) is 0 Å². The first-order valence-corrected chi connectivity index (χ1v) is 6.05. The highest BCUT2D eigenvalue weighted by atomic mass is 35.5. The number of piperidine rings is 1. The smallest absolute Gasteiger partial charge is 0.222 e. The minimum atomic E-state index is 0.324. The van der Waals surface area contributed by atoms with Gasteiger partial charge < -0.3 is 5.73 Å². The molecular formula is C11H17ClN4. The first kappa shape index (κ1) is 11.8. The van der Waals surface area contributed by atoms with Crippen molar-refractivity contribution in [3.63, 3.8) is 0 Å². The van der Waals surface area contributed by atoms with Crippen LogP contribution in [0.4, 0.5) is 0 Å². The van der Waals surface area contributed by atoms with Crippen molar-refractivity contribution in [2.24, 2.45) is 11.7 Å². The van der Waals surface area contributed by atoms with Gasteiger partial charge in [-0.1, -0.05) is 0 Å². The van der Waals surface area contributed by atoms with Gasteiger partial charge in [-0.2, -0.15) is 0 Å². The molecule has 4 nitrogen and oxygen atoms in total. The third-order valence-corrected chi connectivity index (χ3v) is 3.19. The number of likely N-dealkylation sites (tertiary alicyclic amines) is 1. The molecule has 0 saturated carbocycles. The molecule has 0 spiro atoms. The van der Waals surface area contributed by atoms with E-state index < -0.39 is 0 Å². The van der Waals surface area contributed by atoms with E-state index in [-0.39, 0.29) is 0 Å². The molecular weight excluding hydrogens is 224 g/mol. The number of aromatic nitrogens is 2. The zero-order valence-electron chi connectivity index (χ0n) is 9.27. The Morgan fingerprint density at radius 1 is 1.56 bits per heavy atom. The minimum absolute atomic E-state index is 0.324. The SMILES string of the molecule is NC[C@@H]1CCCN(Cc2ccnc(Cl)n2)C1. The Morgan fingerprint density at radius 3 is 3.19 bits per heavy atom. The summed E-state index contributed by atoms with van der Waals surface area (Å²) in [5.41, 5.74) is 6.69. The van der Waals surface area contributed by atoms with Gasteiger partial charge in [0.2, 0.25) is 5.28 Å². The van der Waals surface area contributed by atoms with E-state index in [1.165, 1.54) is 12.8 Å². The predicted molar refractivity (Wildman–Crippen MR) is 64.1 cm³/mol. The molecule has 0 radical (unpaired) electrons. The van der Waals surface area contributed by atoms with Gasteiger partial charge in [-0.25, -0.2) is 9.97 Å². The quantitative estimate of drug-likeness (QED) is 0.810. The Hall–Kier alpha value is -0.710. The zero-order valence-corrected chi connectivity index (χ0v) is 10.0. The zero-order chi connectivity index (χ0) is 11.4. The van der Waals surface area contributed by atoms with Crippen molar-refractivity contribution < 1.29 is 0 Å². The highest BCUT2D eigenvalue weighted by Crippen LogP contribution is 2.17. The van der Waals surface area contributed by atoms with Crippen molar-refractivity contribution in [3.8, 4) is 0 Å². The summed E-state index contributed by atoms with van der Waals surface area (Å²) in [6, 6.07) is 1.91. The molecule has 2 heterocycles. The molecule has 1 fully saturated rings. The van der Waals surface area contributed by atoms with Crippen molar-refractivity contribution in [2.45, 2.75) is 19.4 Å². The molecule has 1 atom stereocenters. The van der Waals surface area contributed by atoms with Crippen LogP contribution >= 0.6 is 11.6 Å². The van der Waals surface area contributed by atoms with Crippen molar-refractivity contribution in [1.82, 2.24) is 14.9 Å². The summed E-state index contributed by atoms with van der Waals surface area (Å²) in [4.78, 5) is 10.5. The monoisotopic (exact) mass is 240 g/mol. The summed E-state index contributed by atoms with van der Waals surface area (Å²) in [6.07, 6.45) is 4.17. The van der Waals surface area contributed by atoms with Gasteiger partial charge in [0, 0.05) is 19.3 Å². The van der Waals surface area contributed by atoms with E-state index in [4.69, 9.17) is 17.3 Å². The largest absolute Gasteiger partial charge is 0.330 e. The van der Waals surface area contributed by atoms with E-state index in [0.717, 1.165) is 31.9 Å². The first-order valence-electron chi connectivity index (χ1n) is 5.68. The molecule has 0 aromatic carbocycles. The highest BCUT2D eigenvalue weighted by Gasteiger charge is 2.18. The van der Waals surface area contributed by atoms with Gasteiger partial charge in [-0.3, -0.25) is 4.90 Å². The number of hydrogen-bond donors (Lipinski definition) is 1. The van der Waals surface area contributed by atoms with Gasteiger partial charge in [-0.05, 0) is 49.5 Å². The second kappa shape index (κ2) is 5.57. The van der Waals surface area contributed by atoms with Gasteiger partial charge in [0.1, 0.15) is 0 Å². The molecule has 0 aliphatic carbocycles. The van der Waals surface area contributed by atoms with E-state index in [1.54, 1.807) is 6.20 Å². The van der Waals surface area contributed by atoms with Crippen LogP contribution in [0.3, 0.4) is 0 Å². The molecule has 16 heavy (non-hydrogen) atoms. The van der Waals surface area contributed by atoms with Crippen LogP contribution in [-0.4, -0.2) is 34.5 Å². The summed E-state index contributed by atoms with van der Waals surface area (Å²) >= 11 is 5.76. The lowest BCUT2D eigenvalue weighted by Gasteiger charge is -2.31. The van der Waals surface area contributed by atoms with Crippen molar-refractivity contribution in [1.29, 1.82) is 0 Å². The molecule has 2 rings (SSSR count). The average molecular weight is 241 g/mol. The highest BCUT2D eigenvalue weighted by molar-refractivity contribution is 6.28. The molecule has 88 valence electrons. The van der Waals surface area contributed by atoms with Crippen molar-refractivity contribution >= 4 is 11.6 Å². The fourth-order valence-corrected chi connectivity index (χ4v) is 2.34. The Bertz CT molecular complexity index is 345. The lowest BCUT2D eigenvalue weighted by Crippen LogP contribution is -2.38. The molecule has 5 heteroatoms. The summed E-state index contributed by atoms with van der Waals surface area (Å²) in [5, 5.41) is 0.324. The molecule has 1 aliphatic heterocycles. The summed E-state index contributed by atoms with van der Waals surface area (Å²) in [6.45, 7) is 3.82. The summed E-state index contributed by atoms with van der Waals surface area (Å²) in [5.74, 6) is 0.631. The lowest BCUT2D eigenvalue weighted by atomic mass is 9.98. The van der Waals surface area contributed by atoms with Crippen LogP contribution in [0.2, 0.25) is 5.28 Å². The molecule has 0 bridgehead atoms. The first-order chi connectivity index (χ1) is 7.78. The Balaban J connectivity index is 1.94. The Kier molecular flexibility index (Phi) is 4.09. The van der Waals surface area contributed by atoms with Gasteiger partial charge in [0.05, 0.1) is 5.69 Å². The van der Waals surface area contributed by atoms with Crippen LogP contribution in [0.15, 0.2) is 12.3 Å².